The predicted molar refractivity (Wildman–Crippen MR) is 111 cm³/mol. The van der Waals surface area contributed by atoms with Gasteiger partial charge in [-0.25, -0.2) is 18.1 Å². The maximum atomic E-state index is 13.1. The quantitative estimate of drug-likeness (QED) is 0.646. The number of nitrogens with zero attached hydrogens (tertiary/aromatic N) is 3. The highest BCUT2D eigenvalue weighted by atomic mass is 35.5. The first-order valence-corrected chi connectivity index (χ1v) is 11.2. The fraction of sp³-hybridized carbons (Fsp3) is 0.350. The second-order valence-electron chi connectivity index (χ2n) is 7.36. The molecule has 0 radical (unpaired) electrons. The van der Waals surface area contributed by atoms with Gasteiger partial charge in [0.25, 0.3) is 5.91 Å². The smallest absolute Gasteiger partial charge is 0.305 e. The van der Waals surface area contributed by atoms with Crippen LogP contribution >= 0.6 is 11.6 Å². The van der Waals surface area contributed by atoms with Gasteiger partial charge in [0, 0.05) is 18.9 Å². The van der Waals surface area contributed by atoms with Crippen molar-refractivity contribution in [1.82, 2.24) is 9.88 Å². The second-order valence-corrected chi connectivity index (χ2v) is 9.84. The molecule has 9 heteroatoms. The number of carbonyl (C=O) groups excluding carboxylic acids is 2. The maximum absolute atomic E-state index is 13.1. The van der Waals surface area contributed by atoms with Crippen LogP contribution in [-0.2, 0) is 21.2 Å². The Morgan fingerprint density at radius 2 is 1.76 bits per heavy atom. The number of carbonyl (C=O) groups is 2. The zero-order chi connectivity index (χ0) is 21.4. The maximum Gasteiger partial charge on any atom is 0.332 e. The second kappa shape index (κ2) is 7.76. The van der Waals surface area contributed by atoms with Crippen molar-refractivity contribution in [2.75, 3.05) is 10.7 Å². The van der Waals surface area contributed by atoms with E-state index in [1.807, 2.05) is 0 Å². The average molecular weight is 436 g/mol. The number of hydrogen-bond donors (Lipinski definition) is 0. The van der Waals surface area contributed by atoms with E-state index in [1.165, 1.54) is 23.1 Å². The zero-order valence-electron chi connectivity index (χ0n) is 16.4. The van der Waals surface area contributed by atoms with Crippen LogP contribution in [0.3, 0.4) is 0 Å². The molecule has 0 saturated carbocycles. The molecule has 0 bridgehead atoms. The molecule has 1 saturated heterocycles. The van der Waals surface area contributed by atoms with Crippen molar-refractivity contribution in [3.8, 4) is 0 Å². The van der Waals surface area contributed by atoms with Crippen molar-refractivity contribution in [1.29, 1.82) is 0 Å². The third-order valence-electron chi connectivity index (χ3n) is 4.90. The van der Waals surface area contributed by atoms with Crippen LogP contribution in [0.15, 0.2) is 47.6 Å². The van der Waals surface area contributed by atoms with Crippen molar-refractivity contribution < 1.29 is 18.0 Å². The molecule has 3 amide bonds. The minimum absolute atomic E-state index is 0.00300. The van der Waals surface area contributed by atoms with E-state index >= 15 is 0 Å². The van der Waals surface area contributed by atoms with E-state index in [0.29, 0.717) is 6.42 Å². The summed E-state index contributed by atoms with van der Waals surface area (Å²) in [7, 11) is -3.52. The summed E-state index contributed by atoms with van der Waals surface area (Å²) >= 11 is 6.21. The average Bonchev–Trinajstić information content (AvgIpc) is 2.82. The van der Waals surface area contributed by atoms with E-state index in [0.717, 1.165) is 10.5 Å². The molecule has 1 aliphatic rings. The predicted octanol–water partition coefficient (Wildman–Crippen LogP) is 3.67. The fourth-order valence-electron chi connectivity index (χ4n) is 3.26. The number of pyridine rings is 1. The van der Waals surface area contributed by atoms with Gasteiger partial charge in [0.15, 0.2) is 9.84 Å². The summed E-state index contributed by atoms with van der Waals surface area (Å²) in [6.07, 6.45) is 3.71. The lowest BCUT2D eigenvalue weighted by molar-refractivity contribution is -0.123. The number of halogens is 1. The van der Waals surface area contributed by atoms with Crippen LogP contribution in [0, 0.1) is 0 Å². The summed E-state index contributed by atoms with van der Waals surface area (Å²) in [4.78, 5) is 32.6. The number of aromatic nitrogens is 1. The number of sulfone groups is 1. The van der Waals surface area contributed by atoms with E-state index in [2.05, 4.69) is 4.98 Å². The molecule has 154 valence electrons. The van der Waals surface area contributed by atoms with Gasteiger partial charge in [-0.3, -0.25) is 9.78 Å². The Labute approximate surface area is 175 Å². The summed E-state index contributed by atoms with van der Waals surface area (Å²) in [5, 5.41) is -0.0121. The first-order chi connectivity index (χ1) is 13.6. The van der Waals surface area contributed by atoms with Crippen molar-refractivity contribution in [2.24, 2.45) is 0 Å². The third kappa shape index (κ3) is 3.86. The van der Waals surface area contributed by atoms with Gasteiger partial charge in [0.2, 0.25) is 0 Å². The molecule has 7 nitrogen and oxygen atoms in total. The molecule has 2 heterocycles. The van der Waals surface area contributed by atoms with Crippen LogP contribution in [0.5, 0.6) is 0 Å². The Hall–Kier alpha value is -2.45. The molecule has 0 atom stereocenters. The lowest BCUT2D eigenvalue weighted by atomic mass is 10.0. The summed E-state index contributed by atoms with van der Waals surface area (Å²) in [6.45, 7) is 5.36. The monoisotopic (exact) mass is 435 g/mol. The number of amides is 3. The van der Waals surface area contributed by atoms with Crippen LogP contribution in [0.1, 0.15) is 32.8 Å². The van der Waals surface area contributed by atoms with Gasteiger partial charge in [-0.15, -0.1) is 0 Å². The van der Waals surface area contributed by atoms with E-state index in [-0.39, 0.29) is 27.9 Å². The number of benzene rings is 1. The van der Waals surface area contributed by atoms with Crippen LogP contribution in [-0.4, -0.2) is 41.5 Å². The Balaban J connectivity index is 1.96. The molecule has 0 N–H and O–H groups in total. The van der Waals surface area contributed by atoms with Crippen LogP contribution in [0.2, 0.25) is 5.02 Å². The van der Waals surface area contributed by atoms with E-state index in [1.54, 1.807) is 45.3 Å². The molecular formula is C20H22ClN3O4S. The summed E-state index contributed by atoms with van der Waals surface area (Å²) < 4.78 is 24.7. The minimum Gasteiger partial charge on any atom is -0.305 e. The lowest BCUT2D eigenvalue weighted by Crippen LogP contribution is -2.43. The molecule has 0 spiro atoms. The summed E-state index contributed by atoms with van der Waals surface area (Å²) in [5.74, 6) is -0.433. The van der Waals surface area contributed by atoms with Crippen LogP contribution in [0.25, 0.3) is 0 Å². The molecule has 1 aromatic heterocycles. The molecule has 1 aliphatic heterocycles. The molecule has 0 aliphatic carbocycles. The van der Waals surface area contributed by atoms with Crippen molar-refractivity contribution in [3.63, 3.8) is 0 Å². The Morgan fingerprint density at radius 1 is 1.10 bits per heavy atom. The van der Waals surface area contributed by atoms with Crippen molar-refractivity contribution in [3.05, 3.63) is 53.3 Å². The SMILES string of the molecule is CCCS(=O)(=O)c1ccc(N2C(=O)N(Cc3ccncc3)C(C)(C)C2=O)cc1Cl. The standard InChI is InChI=1S/C20H22ClN3O4S/c1-4-11-29(27,28)17-6-5-15(12-16(17)21)24-18(25)20(2,3)23(19(24)26)13-14-7-9-22-10-8-14/h5-10,12H,4,11,13H2,1-3H3. The normalized spacial score (nSPS) is 16.6. The van der Waals surface area contributed by atoms with Gasteiger partial charge in [0.1, 0.15) is 5.54 Å². The summed E-state index contributed by atoms with van der Waals surface area (Å²) in [5.41, 5.74) is 0.0145. The molecule has 1 aromatic carbocycles. The molecule has 1 fully saturated rings. The van der Waals surface area contributed by atoms with Crippen LogP contribution < -0.4 is 4.90 Å². The highest BCUT2D eigenvalue weighted by Gasteiger charge is 2.51. The van der Waals surface area contributed by atoms with Gasteiger partial charge in [0.05, 0.1) is 21.4 Å². The van der Waals surface area contributed by atoms with Gasteiger partial charge in [-0.1, -0.05) is 18.5 Å². The highest BCUT2D eigenvalue weighted by Crippen LogP contribution is 2.35. The first-order valence-electron chi connectivity index (χ1n) is 9.17. The third-order valence-corrected chi connectivity index (χ3v) is 7.29. The largest absolute Gasteiger partial charge is 0.332 e. The Kier molecular flexibility index (Phi) is 5.69. The molecule has 29 heavy (non-hydrogen) atoms. The van der Waals surface area contributed by atoms with E-state index in [9.17, 15) is 18.0 Å². The molecular weight excluding hydrogens is 414 g/mol. The topological polar surface area (TPSA) is 87.7 Å². The van der Waals surface area contributed by atoms with Gasteiger partial charge in [-0.05, 0) is 56.2 Å². The minimum atomic E-state index is -3.52. The van der Waals surface area contributed by atoms with E-state index < -0.39 is 27.3 Å². The van der Waals surface area contributed by atoms with Crippen molar-refractivity contribution >= 4 is 39.1 Å². The number of hydrogen-bond acceptors (Lipinski definition) is 5. The summed E-state index contributed by atoms with van der Waals surface area (Å²) in [6, 6.07) is 7.21. The fourth-order valence-corrected chi connectivity index (χ4v) is 5.18. The number of imide groups is 1. The molecule has 3 rings (SSSR count). The first kappa shape index (κ1) is 21.3. The van der Waals surface area contributed by atoms with Crippen molar-refractivity contribution in [2.45, 2.75) is 44.2 Å². The van der Waals surface area contributed by atoms with Crippen LogP contribution in [0.4, 0.5) is 10.5 Å². The van der Waals surface area contributed by atoms with Gasteiger partial charge < -0.3 is 4.90 Å². The van der Waals surface area contributed by atoms with E-state index in [4.69, 9.17) is 11.6 Å². The van der Waals surface area contributed by atoms with Gasteiger partial charge >= 0.3 is 6.03 Å². The molecule has 0 unspecified atom stereocenters. The molecule has 2 aromatic rings. The Bertz CT molecular complexity index is 1050. The number of urea groups is 1. The highest BCUT2D eigenvalue weighted by molar-refractivity contribution is 7.91. The number of anilines is 1. The van der Waals surface area contributed by atoms with Gasteiger partial charge in [-0.2, -0.15) is 0 Å². The zero-order valence-corrected chi connectivity index (χ0v) is 18.0. The Morgan fingerprint density at radius 3 is 2.34 bits per heavy atom. The lowest BCUT2D eigenvalue weighted by Gasteiger charge is -2.27. The number of rotatable bonds is 6.